The van der Waals surface area contributed by atoms with Crippen molar-refractivity contribution in [2.45, 2.75) is 13.8 Å². The Morgan fingerprint density at radius 3 is 2.50 bits per heavy atom. The lowest BCUT2D eigenvalue weighted by Gasteiger charge is -1.98. The van der Waals surface area contributed by atoms with Gasteiger partial charge >= 0.3 is 0 Å². The number of nitrogens with zero attached hydrogens (tertiary/aromatic N) is 4. The summed E-state index contributed by atoms with van der Waals surface area (Å²) in [5.41, 5.74) is 1.97. The zero-order chi connectivity index (χ0) is 13.2. The van der Waals surface area contributed by atoms with Crippen molar-refractivity contribution >= 4 is 50.7 Å². The predicted octanol–water partition coefficient (Wildman–Crippen LogP) is 3.99. The van der Waals surface area contributed by atoms with Crippen molar-refractivity contribution in [2.75, 3.05) is 5.32 Å². The molecule has 3 aromatic heterocycles. The van der Waals surface area contributed by atoms with E-state index in [1.54, 1.807) is 29.8 Å². The number of thiazole rings is 2. The van der Waals surface area contributed by atoms with Gasteiger partial charge < -0.3 is 5.32 Å². The summed E-state index contributed by atoms with van der Waals surface area (Å²) >= 11 is 3.19. The van der Waals surface area contributed by atoms with Crippen LogP contribution in [0.3, 0.4) is 0 Å². The second-order valence-electron chi connectivity index (χ2n) is 3.88. The van der Waals surface area contributed by atoms with E-state index in [1.165, 1.54) is 11.3 Å². The number of hydrogen-bond acceptors (Lipinski definition) is 7. The summed E-state index contributed by atoms with van der Waals surface area (Å²) in [5, 5.41) is 6.95. The summed E-state index contributed by atoms with van der Waals surface area (Å²) < 4.78 is 0. The third-order valence-corrected chi connectivity index (χ3v) is 4.28. The summed E-state index contributed by atoms with van der Waals surface area (Å²) in [4.78, 5) is 18.3. The highest BCUT2D eigenvalue weighted by molar-refractivity contribution is 8.93. The molecule has 0 aliphatic carbocycles. The number of rotatable bonds is 3. The largest absolute Gasteiger partial charge is 0.300 e. The van der Waals surface area contributed by atoms with Gasteiger partial charge in [0.15, 0.2) is 5.13 Å². The van der Waals surface area contributed by atoms with Crippen LogP contribution in [0.25, 0.3) is 10.6 Å². The van der Waals surface area contributed by atoms with Crippen molar-refractivity contribution < 1.29 is 0 Å². The van der Waals surface area contributed by atoms with E-state index in [0.717, 1.165) is 26.4 Å². The van der Waals surface area contributed by atoms with Crippen LogP contribution in [0.2, 0.25) is 0 Å². The van der Waals surface area contributed by atoms with E-state index >= 15 is 0 Å². The molecule has 104 valence electrons. The van der Waals surface area contributed by atoms with E-state index in [0.29, 0.717) is 5.95 Å². The van der Waals surface area contributed by atoms with Crippen LogP contribution in [0.1, 0.15) is 10.7 Å². The third kappa shape index (κ3) is 3.20. The quantitative estimate of drug-likeness (QED) is 0.755. The van der Waals surface area contributed by atoms with Crippen LogP contribution in [0.15, 0.2) is 23.8 Å². The Kier molecular flexibility index (Phi) is 4.79. The van der Waals surface area contributed by atoms with Crippen LogP contribution in [-0.2, 0) is 0 Å². The van der Waals surface area contributed by atoms with Gasteiger partial charge in [-0.15, -0.1) is 39.7 Å². The Labute approximate surface area is 134 Å². The Balaban J connectivity index is 0.00000147. The Morgan fingerprint density at radius 1 is 1.10 bits per heavy atom. The third-order valence-electron chi connectivity index (χ3n) is 2.42. The van der Waals surface area contributed by atoms with Gasteiger partial charge in [0.25, 0.3) is 0 Å². The van der Waals surface area contributed by atoms with Crippen LogP contribution < -0.4 is 5.32 Å². The van der Waals surface area contributed by atoms with E-state index in [4.69, 9.17) is 0 Å². The Hall–Kier alpha value is -1.38. The lowest BCUT2D eigenvalue weighted by Crippen LogP contribution is -1.94. The summed E-state index contributed by atoms with van der Waals surface area (Å²) in [7, 11) is 0. The first kappa shape index (κ1) is 15.0. The maximum Gasteiger partial charge on any atom is 0.228 e. The molecule has 0 spiro atoms. The maximum absolute atomic E-state index is 4.55. The van der Waals surface area contributed by atoms with Gasteiger partial charge in [0, 0.05) is 17.8 Å². The summed E-state index contributed by atoms with van der Waals surface area (Å²) in [5.74, 6) is 0.556. The fourth-order valence-electron chi connectivity index (χ4n) is 1.66. The smallest absolute Gasteiger partial charge is 0.228 e. The Bertz CT molecular complexity index is 695. The first-order valence-electron chi connectivity index (χ1n) is 5.66. The molecule has 0 atom stereocenters. The molecule has 0 saturated heterocycles. The number of hydrogen-bond donors (Lipinski definition) is 1. The minimum Gasteiger partial charge on any atom is -0.300 e. The van der Waals surface area contributed by atoms with Crippen LogP contribution >= 0.6 is 39.7 Å². The van der Waals surface area contributed by atoms with E-state index in [2.05, 4.69) is 25.3 Å². The van der Waals surface area contributed by atoms with Crippen molar-refractivity contribution in [3.8, 4) is 10.6 Å². The van der Waals surface area contributed by atoms with Crippen molar-refractivity contribution in [2.24, 2.45) is 0 Å². The zero-order valence-corrected chi connectivity index (χ0v) is 14.2. The average molecular weight is 370 g/mol. The van der Waals surface area contributed by atoms with Crippen LogP contribution in [0, 0.1) is 13.8 Å². The number of nitrogens with one attached hydrogen (secondary N) is 1. The molecule has 0 radical (unpaired) electrons. The molecule has 0 amide bonds. The molecule has 20 heavy (non-hydrogen) atoms. The molecule has 3 heterocycles. The van der Waals surface area contributed by atoms with Gasteiger partial charge in [0.2, 0.25) is 5.95 Å². The van der Waals surface area contributed by atoms with E-state index in [9.17, 15) is 0 Å². The fraction of sp³-hybridized carbons (Fsp3) is 0.167. The van der Waals surface area contributed by atoms with Gasteiger partial charge in [0.1, 0.15) is 0 Å². The fourth-order valence-corrected chi connectivity index (χ4v) is 3.31. The van der Waals surface area contributed by atoms with E-state index < -0.39 is 0 Å². The highest BCUT2D eigenvalue weighted by atomic mass is 79.9. The molecule has 3 aromatic rings. The highest BCUT2D eigenvalue weighted by Gasteiger charge is 2.11. The first-order valence-corrected chi connectivity index (χ1v) is 7.36. The first-order chi connectivity index (χ1) is 9.22. The molecule has 3 rings (SSSR count). The predicted molar refractivity (Wildman–Crippen MR) is 88.3 cm³/mol. The highest BCUT2D eigenvalue weighted by Crippen LogP contribution is 2.32. The summed E-state index contributed by atoms with van der Waals surface area (Å²) in [6, 6.07) is 1.78. The van der Waals surface area contributed by atoms with Crippen molar-refractivity contribution in [3.05, 3.63) is 34.5 Å². The average Bonchev–Trinajstić information content (AvgIpc) is 2.97. The molecule has 0 aliphatic rings. The van der Waals surface area contributed by atoms with Crippen LogP contribution in [-0.4, -0.2) is 19.9 Å². The van der Waals surface area contributed by atoms with Gasteiger partial charge in [0.05, 0.1) is 21.3 Å². The second kappa shape index (κ2) is 6.38. The minimum absolute atomic E-state index is 0. The molecule has 1 N–H and O–H groups in total. The topological polar surface area (TPSA) is 63.6 Å². The lowest BCUT2D eigenvalue weighted by molar-refractivity contribution is 1.16. The number of anilines is 2. The molecule has 0 unspecified atom stereocenters. The zero-order valence-electron chi connectivity index (χ0n) is 10.8. The molecule has 0 bridgehead atoms. The monoisotopic (exact) mass is 369 g/mol. The molecular formula is C12H12BrN5S2. The Morgan fingerprint density at radius 2 is 1.85 bits per heavy atom. The van der Waals surface area contributed by atoms with Gasteiger partial charge in [-0.3, -0.25) is 0 Å². The normalized spacial score (nSPS) is 10.1. The summed E-state index contributed by atoms with van der Waals surface area (Å²) in [6.07, 6.45) is 3.39. The van der Waals surface area contributed by atoms with E-state index in [1.807, 2.05) is 19.2 Å². The van der Waals surface area contributed by atoms with Crippen LogP contribution in [0.5, 0.6) is 0 Å². The molecule has 0 saturated carbocycles. The maximum atomic E-state index is 4.55. The van der Waals surface area contributed by atoms with Crippen molar-refractivity contribution in [1.82, 2.24) is 19.9 Å². The number of halogens is 1. The molecule has 8 heteroatoms. The van der Waals surface area contributed by atoms with Gasteiger partial charge in [-0.25, -0.2) is 19.9 Å². The van der Waals surface area contributed by atoms with Crippen LogP contribution in [0.4, 0.5) is 11.1 Å². The lowest BCUT2D eigenvalue weighted by atomic mass is 10.3. The summed E-state index contributed by atoms with van der Waals surface area (Å²) in [6.45, 7) is 4.01. The molecule has 0 fully saturated rings. The molecule has 0 aromatic carbocycles. The number of aromatic nitrogens is 4. The van der Waals surface area contributed by atoms with Gasteiger partial charge in [-0.1, -0.05) is 0 Å². The van der Waals surface area contributed by atoms with Gasteiger partial charge in [-0.2, -0.15) is 0 Å². The number of aryl methyl sites for hydroxylation is 2. The molecule has 5 nitrogen and oxygen atoms in total. The van der Waals surface area contributed by atoms with Crippen molar-refractivity contribution in [1.29, 1.82) is 0 Å². The standard InChI is InChI=1S/C12H11N5S2.BrH/c1-7-10(19-8(2)15-7)9-6-18-12(16-9)17-11-13-4-3-5-14-11;/h3-6H,1-2H3,(H,13,14,16,17);1H. The second-order valence-corrected chi connectivity index (χ2v) is 5.94. The van der Waals surface area contributed by atoms with Crippen molar-refractivity contribution in [3.63, 3.8) is 0 Å². The molecular weight excluding hydrogens is 358 g/mol. The van der Waals surface area contributed by atoms with Gasteiger partial charge in [-0.05, 0) is 19.9 Å². The molecule has 0 aliphatic heterocycles. The van der Waals surface area contributed by atoms with E-state index in [-0.39, 0.29) is 17.0 Å². The SMILES string of the molecule is Br.Cc1nc(C)c(-c2csc(Nc3ncccn3)n2)s1. The minimum atomic E-state index is 0.